The fraction of sp³-hybridized carbons (Fsp3) is 0.385. The number of halogens is 5. The molecule has 14 heteroatoms. The van der Waals surface area contributed by atoms with Crippen molar-refractivity contribution in [3.05, 3.63) is 18.1 Å². The average Bonchev–Trinajstić information content (AvgIpc) is 3.10. The molecule has 0 aliphatic heterocycles. The molecule has 0 fully saturated rings. The van der Waals surface area contributed by atoms with Crippen LogP contribution in [0.4, 0.5) is 13.2 Å². The van der Waals surface area contributed by atoms with Crippen molar-refractivity contribution in [1.82, 2.24) is 29.3 Å². The second-order valence-corrected chi connectivity index (χ2v) is 6.04. The Kier molecular flexibility index (Phi) is 10.9. The van der Waals surface area contributed by atoms with Crippen LogP contribution in [0.15, 0.2) is 11.1 Å². The molecule has 138 valence electrons. The quantitative estimate of drug-likeness (QED) is 0.232. The monoisotopic (exact) mass is 482 g/mol. The minimum absolute atomic E-state index is 0. The van der Waals surface area contributed by atoms with Gasteiger partial charge in [-0.25, -0.2) is 4.98 Å². The van der Waals surface area contributed by atoms with E-state index in [4.69, 9.17) is 9.69 Å². The summed E-state index contributed by atoms with van der Waals surface area (Å²) in [5.74, 6) is 1.25. The molecule has 0 atom stereocenters. The molecule has 3 rings (SSSR count). The zero-order chi connectivity index (χ0) is 18.8. The summed E-state index contributed by atoms with van der Waals surface area (Å²) in [4.78, 5) is 8.46. The first-order chi connectivity index (χ1) is 11.8. The summed E-state index contributed by atoms with van der Waals surface area (Å²) in [5.41, 5.74) is -0.104. The smallest absolute Gasteiger partial charge is 1.00 e. The number of alkyl halides is 3. The summed E-state index contributed by atoms with van der Waals surface area (Å²) in [6.07, 6.45) is -1.75. The fourth-order valence-electron chi connectivity index (χ4n) is 2.16. The van der Waals surface area contributed by atoms with E-state index in [1.807, 2.05) is 6.92 Å². The van der Waals surface area contributed by atoms with Gasteiger partial charge in [-0.05, 0) is 18.5 Å². The third kappa shape index (κ3) is 5.62. The van der Waals surface area contributed by atoms with E-state index in [2.05, 4.69) is 26.5 Å². The molecular weight excluding hydrogens is 472 g/mol. The summed E-state index contributed by atoms with van der Waals surface area (Å²) in [5, 5.41) is 7.73. The van der Waals surface area contributed by atoms with Crippen LogP contribution in [-0.2, 0) is 37.6 Å². The molecule has 3 aromatic heterocycles. The number of hydrogen-bond acceptors (Lipinski definition) is 5. The predicted molar refractivity (Wildman–Crippen MR) is 84.6 cm³/mol. The van der Waals surface area contributed by atoms with Gasteiger partial charge in [0.15, 0.2) is 11.3 Å². The van der Waals surface area contributed by atoms with E-state index in [-0.39, 0.29) is 42.4 Å². The van der Waals surface area contributed by atoms with Gasteiger partial charge in [0.2, 0.25) is 0 Å². The van der Waals surface area contributed by atoms with Crippen LogP contribution in [0.1, 0.15) is 12.6 Å². The number of imidazole rings is 2. The number of aryl methyl sites for hydroxylation is 2. The van der Waals surface area contributed by atoms with Crippen LogP contribution < -0.4 is 31.3 Å². The Balaban J connectivity index is 0.00000164. The molecule has 3 aromatic rings. The van der Waals surface area contributed by atoms with Gasteiger partial charge in [0.05, 0.1) is 5.82 Å². The van der Waals surface area contributed by atoms with Crippen LogP contribution in [-0.4, -0.2) is 35.1 Å². The van der Waals surface area contributed by atoms with Crippen molar-refractivity contribution in [2.75, 3.05) is 5.75 Å². The summed E-state index contributed by atoms with van der Waals surface area (Å²) >= 11 is 2.40. The van der Waals surface area contributed by atoms with Crippen molar-refractivity contribution in [1.29, 1.82) is 0 Å². The van der Waals surface area contributed by atoms with E-state index in [9.17, 15) is 13.2 Å². The Morgan fingerprint density at radius 3 is 2.44 bits per heavy atom. The third-order valence-electron chi connectivity index (χ3n) is 3.22. The summed E-state index contributed by atoms with van der Waals surface area (Å²) in [7, 11) is 8.24. The van der Waals surface area contributed by atoms with Crippen molar-refractivity contribution in [3.63, 3.8) is 0 Å². The molecule has 0 saturated heterocycles. The molecule has 3 heterocycles. The van der Waals surface area contributed by atoms with E-state index in [1.165, 1.54) is 0 Å². The first-order valence-corrected chi connectivity index (χ1v) is 11.8. The van der Waals surface area contributed by atoms with Gasteiger partial charge in [-0.1, -0.05) is 11.9 Å². The predicted octanol–water partition coefficient (Wildman–Crippen LogP) is -2.61. The van der Waals surface area contributed by atoms with Gasteiger partial charge in [0.1, 0.15) is 5.52 Å². The molecule has 0 aliphatic carbocycles. The number of rotatable bonds is 3. The van der Waals surface area contributed by atoms with Gasteiger partial charge >= 0.3 is 52.0 Å². The van der Waals surface area contributed by atoms with Crippen molar-refractivity contribution in [3.8, 4) is 11.5 Å². The molecule has 0 unspecified atom stereocenters. The molecule has 0 amide bonds. The Morgan fingerprint density at radius 1 is 1.26 bits per heavy atom. The zero-order valence-electron chi connectivity index (χ0n) is 15.0. The van der Waals surface area contributed by atoms with Gasteiger partial charge in [-0.2, -0.15) is 24.9 Å². The van der Waals surface area contributed by atoms with E-state index in [0.717, 1.165) is 34.2 Å². The maximum atomic E-state index is 12.8. The Bertz CT molecular complexity index is 889. The van der Waals surface area contributed by atoms with Crippen molar-refractivity contribution in [2.24, 2.45) is 14.1 Å². The van der Waals surface area contributed by atoms with Crippen LogP contribution in [0.5, 0.6) is 0 Å². The Morgan fingerprint density at radius 2 is 1.89 bits per heavy atom. The third-order valence-corrected chi connectivity index (χ3v) is 4.25. The fourth-order valence-corrected chi connectivity index (χ4v) is 2.94. The number of nitrogens with zero attached hydrogens (tertiary/aromatic N) is 6. The van der Waals surface area contributed by atoms with Gasteiger partial charge in [-0.15, -0.1) is 10.2 Å². The number of fused-ring (bicyclic) bond motifs is 1. The van der Waals surface area contributed by atoms with Gasteiger partial charge in [0.25, 0.3) is 0 Å². The topological polar surface area (TPSA) is 61.4 Å². The van der Waals surface area contributed by atoms with E-state index < -0.39 is 11.9 Å². The second-order valence-electron chi connectivity index (χ2n) is 4.79. The van der Waals surface area contributed by atoms with E-state index in [1.54, 1.807) is 35.0 Å². The average molecular weight is 485 g/mol. The van der Waals surface area contributed by atoms with Crippen LogP contribution >= 0.6 is 21.5 Å². The number of thioether (sulfide) groups is 1. The SMILES string of the molecule is CCSc1c(-c2nc3cc(C(F)(F)F)nnc3n2C)n[c-]n1C.[Cl-].[Cl][Zn+].[Li+]. The van der Waals surface area contributed by atoms with Crippen LogP contribution in [0, 0.1) is 6.33 Å². The summed E-state index contributed by atoms with van der Waals surface area (Å²) in [6.45, 7) is 2.00. The molecule has 6 nitrogen and oxygen atoms in total. The molecule has 0 aromatic carbocycles. The molecule has 0 aliphatic rings. The molecule has 0 spiro atoms. The maximum Gasteiger partial charge on any atom is 1.00 e. The minimum Gasteiger partial charge on any atom is 1.00 e. The summed E-state index contributed by atoms with van der Waals surface area (Å²) < 4.78 is 41.6. The number of aromatic nitrogens is 6. The standard InChI is InChI=1S/C13H12F3N6S.2ClH.Li.Zn/c1-4-23-12-9(17-6-21(12)2)11-18-7-5-8(13(14,15)16)19-20-10(7)22(11)3;;;;/h5H,4H2,1-3H3;2*1H;;/q-1;;;+1;+2/p-2. The van der Waals surface area contributed by atoms with E-state index in [0.29, 0.717) is 11.5 Å². The minimum atomic E-state index is -4.55. The van der Waals surface area contributed by atoms with Crippen molar-refractivity contribution >= 4 is 32.6 Å². The van der Waals surface area contributed by atoms with Crippen LogP contribution in [0.2, 0.25) is 0 Å². The molecular formula is C13H12Cl2F3LiN6SZn. The molecule has 0 bridgehead atoms. The zero-order valence-corrected chi connectivity index (χ0v) is 20.3. The van der Waals surface area contributed by atoms with Crippen LogP contribution in [0.25, 0.3) is 22.7 Å². The van der Waals surface area contributed by atoms with Gasteiger partial charge in [-0.3, -0.25) is 0 Å². The molecule has 0 radical (unpaired) electrons. The van der Waals surface area contributed by atoms with E-state index >= 15 is 0 Å². The van der Waals surface area contributed by atoms with Crippen molar-refractivity contribution < 1.29 is 61.8 Å². The largest absolute Gasteiger partial charge is 1.00 e. The summed E-state index contributed by atoms with van der Waals surface area (Å²) in [6, 6.07) is 0.894. The van der Waals surface area contributed by atoms with Crippen LogP contribution in [0.3, 0.4) is 0 Å². The Labute approximate surface area is 190 Å². The number of hydrogen-bond donors (Lipinski definition) is 0. The van der Waals surface area contributed by atoms with Gasteiger partial charge < -0.3 is 26.5 Å². The normalized spacial score (nSPS) is 10.7. The first-order valence-electron chi connectivity index (χ1n) is 6.94. The molecule has 0 N–H and O–H groups in total. The van der Waals surface area contributed by atoms with Crippen molar-refractivity contribution in [2.45, 2.75) is 18.1 Å². The van der Waals surface area contributed by atoms with Gasteiger partial charge in [0, 0.05) is 19.4 Å². The maximum absolute atomic E-state index is 12.8. The molecule has 0 saturated carbocycles. The first kappa shape index (κ1) is 26.7. The molecule has 27 heavy (non-hydrogen) atoms. The Hall–Kier alpha value is -0.299. The second kappa shape index (κ2) is 11.0.